The standard InChI is InChI=1S/C21H24F3N5O2/c22-15-7-6-13(16(23)17(15)24)14-3-1-2-8-29-19(14)26-20(27-29)25-18-11-4-5-12(18)10-28(9-11)21(30)31/h6-7,11-12,14,18H,1-5,8-10H2,(H,25,27)(H,30,31)/t11-,12+,14?,18+. The fraction of sp³-hybridized carbons (Fsp3) is 0.571. The van der Waals surface area contributed by atoms with Crippen LogP contribution in [-0.4, -0.2) is 50.0 Å². The lowest BCUT2D eigenvalue weighted by atomic mass is 9.92. The zero-order valence-corrected chi connectivity index (χ0v) is 16.9. The summed E-state index contributed by atoms with van der Waals surface area (Å²) in [4.78, 5) is 17.4. The average molecular weight is 435 g/mol. The first kappa shape index (κ1) is 20.1. The van der Waals surface area contributed by atoms with E-state index in [0.29, 0.717) is 37.8 Å². The Balaban J connectivity index is 1.41. The van der Waals surface area contributed by atoms with E-state index in [2.05, 4.69) is 15.4 Å². The lowest BCUT2D eigenvalue weighted by molar-refractivity contribution is 0.112. The minimum atomic E-state index is -1.46. The summed E-state index contributed by atoms with van der Waals surface area (Å²) >= 11 is 0. The minimum absolute atomic E-state index is 0.0840. The van der Waals surface area contributed by atoms with Gasteiger partial charge >= 0.3 is 6.09 Å². The Morgan fingerprint density at radius 1 is 1.06 bits per heavy atom. The second-order valence-corrected chi connectivity index (χ2v) is 8.78. The number of benzene rings is 1. The minimum Gasteiger partial charge on any atom is -0.465 e. The monoisotopic (exact) mass is 435 g/mol. The van der Waals surface area contributed by atoms with Crippen LogP contribution in [0.2, 0.25) is 0 Å². The molecule has 1 aliphatic carbocycles. The summed E-state index contributed by atoms with van der Waals surface area (Å²) in [7, 11) is 0. The summed E-state index contributed by atoms with van der Waals surface area (Å²) < 4.78 is 43.6. The summed E-state index contributed by atoms with van der Waals surface area (Å²) in [5.41, 5.74) is 0.0934. The van der Waals surface area contributed by atoms with E-state index in [9.17, 15) is 23.1 Å². The first-order chi connectivity index (χ1) is 14.9. The van der Waals surface area contributed by atoms with Crippen LogP contribution in [0.15, 0.2) is 12.1 Å². The number of piperidine rings is 1. The summed E-state index contributed by atoms with van der Waals surface area (Å²) in [5, 5.41) is 17.3. The van der Waals surface area contributed by atoms with Crippen molar-refractivity contribution in [3.05, 3.63) is 41.0 Å². The molecule has 3 aliphatic rings. The number of rotatable bonds is 3. The molecule has 7 nitrogen and oxygen atoms in total. The Hall–Kier alpha value is -2.78. The van der Waals surface area contributed by atoms with Crippen LogP contribution >= 0.6 is 0 Å². The van der Waals surface area contributed by atoms with Crippen LogP contribution < -0.4 is 5.32 Å². The molecule has 5 rings (SSSR count). The topological polar surface area (TPSA) is 83.3 Å². The summed E-state index contributed by atoms with van der Waals surface area (Å²) in [6.45, 7) is 1.59. The smallest absolute Gasteiger partial charge is 0.407 e. The lowest BCUT2D eigenvalue weighted by Crippen LogP contribution is -2.49. The number of carbonyl (C=O) groups is 1. The van der Waals surface area contributed by atoms with Gasteiger partial charge in [0.15, 0.2) is 17.5 Å². The number of nitrogens with zero attached hydrogens (tertiary/aromatic N) is 4. The summed E-state index contributed by atoms with van der Waals surface area (Å²) in [6, 6.07) is 2.32. The zero-order chi connectivity index (χ0) is 21.7. The van der Waals surface area contributed by atoms with Crippen LogP contribution in [0.5, 0.6) is 0 Å². The van der Waals surface area contributed by atoms with Gasteiger partial charge in [0.25, 0.3) is 0 Å². The molecule has 31 heavy (non-hydrogen) atoms. The van der Waals surface area contributed by atoms with Crippen molar-refractivity contribution >= 4 is 12.0 Å². The third kappa shape index (κ3) is 3.51. The van der Waals surface area contributed by atoms with Crippen LogP contribution in [-0.2, 0) is 6.54 Å². The molecule has 1 saturated heterocycles. The molecule has 2 aromatic rings. The van der Waals surface area contributed by atoms with Crippen LogP contribution in [0, 0.1) is 29.3 Å². The molecule has 166 valence electrons. The molecule has 1 unspecified atom stereocenters. The van der Waals surface area contributed by atoms with Crippen molar-refractivity contribution in [2.24, 2.45) is 11.8 Å². The number of fused-ring (bicyclic) bond motifs is 3. The van der Waals surface area contributed by atoms with Crippen molar-refractivity contribution in [1.29, 1.82) is 0 Å². The number of likely N-dealkylation sites (tertiary alicyclic amines) is 1. The number of nitrogens with one attached hydrogen (secondary N) is 1. The summed E-state index contributed by atoms with van der Waals surface area (Å²) in [5.74, 6) is -3.00. The number of anilines is 1. The van der Waals surface area contributed by atoms with E-state index < -0.39 is 29.5 Å². The largest absolute Gasteiger partial charge is 0.465 e. The van der Waals surface area contributed by atoms with Crippen molar-refractivity contribution < 1.29 is 23.1 Å². The Morgan fingerprint density at radius 3 is 2.52 bits per heavy atom. The van der Waals surface area contributed by atoms with Crippen LogP contribution in [0.1, 0.15) is 49.4 Å². The van der Waals surface area contributed by atoms with E-state index in [1.807, 2.05) is 0 Å². The molecule has 2 fully saturated rings. The third-order valence-corrected chi connectivity index (χ3v) is 6.97. The van der Waals surface area contributed by atoms with Gasteiger partial charge in [0.1, 0.15) is 5.82 Å². The van der Waals surface area contributed by atoms with E-state index in [-0.39, 0.29) is 23.4 Å². The van der Waals surface area contributed by atoms with Crippen LogP contribution in [0.3, 0.4) is 0 Å². The quantitative estimate of drug-likeness (QED) is 0.717. The van der Waals surface area contributed by atoms with Gasteiger partial charge in [0.05, 0.1) is 0 Å². The molecular formula is C21H24F3N5O2. The van der Waals surface area contributed by atoms with E-state index in [0.717, 1.165) is 31.7 Å². The van der Waals surface area contributed by atoms with Gasteiger partial charge in [-0.25, -0.2) is 22.6 Å². The van der Waals surface area contributed by atoms with E-state index in [1.54, 1.807) is 4.68 Å². The molecule has 0 spiro atoms. The fourth-order valence-electron chi connectivity index (χ4n) is 5.44. The highest BCUT2D eigenvalue weighted by Gasteiger charge is 2.44. The molecule has 1 saturated carbocycles. The van der Waals surface area contributed by atoms with Gasteiger partial charge in [-0.2, -0.15) is 4.98 Å². The Bertz CT molecular complexity index is 999. The Labute approximate surface area is 177 Å². The van der Waals surface area contributed by atoms with Gasteiger partial charge in [-0.1, -0.05) is 12.5 Å². The van der Waals surface area contributed by atoms with E-state index >= 15 is 0 Å². The first-order valence-electron chi connectivity index (χ1n) is 10.7. The second kappa shape index (κ2) is 7.72. The lowest BCUT2D eigenvalue weighted by Gasteiger charge is -2.36. The number of amides is 1. The molecule has 2 N–H and O–H groups in total. The highest BCUT2D eigenvalue weighted by atomic mass is 19.2. The van der Waals surface area contributed by atoms with Gasteiger partial charge in [-0.05, 0) is 43.6 Å². The van der Waals surface area contributed by atoms with Crippen molar-refractivity contribution in [2.45, 2.75) is 50.6 Å². The number of hydrogen-bond donors (Lipinski definition) is 2. The van der Waals surface area contributed by atoms with E-state index in [1.165, 1.54) is 11.0 Å². The SMILES string of the molecule is O=C(O)N1C[C@H]2CC[C@@H](C1)[C@H]2Nc1nc2n(n1)CCCCC2c1ccc(F)c(F)c1F. The summed E-state index contributed by atoms with van der Waals surface area (Å²) in [6.07, 6.45) is 3.21. The van der Waals surface area contributed by atoms with Crippen molar-refractivity contribution in [3.63, 3.8) is 0 Å². The maximum absolute atomic E-state index is 14.5. The molecule has 1 amide bonds. The normalized spacial score (nSPS) is 27.6. The van der Waals surface area contributed by atoms with Crippen LogP contribution in [0.4, 0.5) is 23.9 Å². The molecule has 1 aromatic carbocycles. The molecule has 0 radical (unpaired) electrons. The number of hydrogen-bond acceptors (Lipinski definition) is 4. The molecule has 1 aromatic heterocycles. The van der Waals surface area contributed by atoms with Crippen molar-refractivity contribution in [1.82, 2.24) is 19.7 Å². The second-order valence-electron chi connectivity index (χ2n) is 8.78. The predicted octanol–water partition coefficient (Wildman–Crippen LogP) is 3.81. The molecular weight excluding hydrogens is 411 g/mol. The van der Waals surface area contributed by atoms with E-state index in [4.69, 9.17) is 0 Å². The van der Waals surface area contributed by atoms with Crippen LogP contribution in [0.25, 0.3) is 0 Å². The van der Waals surface area contributed by atoms with Gasteiger partial charge in [-0.3, -0.25) is 0 Å². The highest BCUT2D eigenvalue weighted by Crippen LogP contribution is 2.39. The van der Waals surface area contributed by atoms with Gasteiger partial charge in [0, 0.05) is 37.2 Å². The number of aryl methyl sites for hydroxylation is 1. The maximum atomic E-state index is 14.5. The van der Waals surface area contributed by atoms with Gasteiger partial charge in [0.2, 0.25) is 5.95 Å². The van der Waals surface area contributed by atoms with Gasteiger partial charge in [-0.15, -0.1) is 5.10 Å². The van der Waals surface area contributed by atoms with Crippen molar-refractivity contribution in [3.8, 4) is 0 Å². The Morgan fingerprint density at radius 2 is 1.81 bits per heavy atom. The van der Waals surface area contributed by atoms with Gasteiger partial charge < -0.3 is 15.3 Å². The number of carboxylic acid groups (broad SMARTS) is 1. The average Bonchev–Trinajstić information content (AvgIpc) is 3.15. The third-order valence-electron chi connectivity index (χ3n) is 6.97. The number of halogens is 3. The zero-order valence-electron chi connectivity index (χ0n) is 16.9. The maximum Gasteiger partial charge on any atom is 0.407 e. The molecule has 3 heterocycles. The number of aromatic nitrogens is 3. The van der Waals surface area contributed by atoms with Crippen molar-refractivity contribution in [2.75, 3.05) is 18.4 Å². The Kier molecular flexibility index (Phi) is 5.02. The molecule has 2 aliphatic heterocycles. The predicted molar refractivity (Wildman–Crippen MR) is 105 cm³/mol. The molecule has 10 heteroatoms. The highest BCUT2D eigenvalue weighted by molar-refractivity contribution is 5.65. The molecule has 4 atom stereocenters. The molecule has 2 bridgehead atoms. The first-order valence-corrected chi connectivity index (χ1v) is 10.7. The fourth-order valence-corrected chi connectivity index (χ4v) is 5.44.